The molecular weight excluding hydrogens is 702 g/mol. The summed E-state index contributed by atoms with van der Waals surface area (Å²) in [6.45, 7) is 2.99. The Morgan fingerprint density at radius 1 is 0.745 bits per heavy atom. The van der Waals surface area contributed by atoms with E-state index in [0.29, 0.717) is 24.7 Å². The van der Waals surface area contributed by atoms with Crippen LogP contribution in [-0.2, 0) is 32.2 Å². The Labute approximate surface area is 318 Å². The number of aromatic nitrogens is 4. The van der Waals surface area contributed by atoms with Crippen molar-refractivity contribution in [3.8, 4) is 39.7 Å². The molecule has 1 aliphatic rings. The van der Waals surface area contributed by atoms with Crippen molar-refractivity contribution in [3.05, 3.63) is 84.7 Å². The molecule has 15 nitrogen and oxygen atoms in total. The molecular formula is C40H43N9O6. The van der Waals surface area contributed by atoms with Crippen LogP contribution < -0.4 is 10.6 Å². The molecule has 55 heavy (non-hydrogen) atoms. The van der Waals surface area contributed by atoms with E-state index in [1.807, 2.05) is 36.4 Å². The average Bonchev–Trinajstić information content (AvgIpc) is 3.52. The van der Waals surface area contributed by atoms with Gasteiger partial charge in [0.05, 0.1) is 63.6 Å². The molecule has 2 aromatic heterocycles. The molecule has 4 N–H and O–H groups in total. The fourth-order valence-corrected chi connectivity index (χ4v) is 6.18. The summed E-state index contributed by atoms with van der Waals surface area (Å²) >= 11 is 0. The van der Waals surface area contributed by atoms with Crippen LogP contribution in [0.15, 0.2) is 73.1 Å². The third-order valence-electron chi connectivity index (χ3n) is 9.63. The summed E-state index contributed by atoms with van der Waals surface area (Å²) in [5, 5.41) is 16.0. The van der Waals surface area contributed by atoms with Crippen LogP contribution in [-0.4, -0.2) is 94.1 Å². The van der Waals surface area contributed by atoms with Gasteiger partial charge in [-0.1, -0.05) is 55.5 Å². The molecule has 0 atom stereocenters. The number of aromatic amines is 2. The molecule has 0 unspecified atom stereocenters. The monoisotopic (exact) mass is 745 g/mol. The van der Waals surface area contributed by atoms with Crippen LogP contribution in [0.4, 0.5) is 9.59 Å². The van der Waals surface area contributed by atoms with E-state index >= 15 is 0 Å². The Morgan fingerprint density at radius 3 is 1.80 bits per heavy atom. The zero-order valence-corrected chi connectivity index (χ0v) is 31.0. The normalized spacial score (nSPS) is 12.7. The number of methoxy groups -OCH3 is 2. The van der Waals surface area contributed by atoms with Gasteiger partial charge in [-0.05, 0) is 57.9 Å². The van der Waals surface area contributed by atoms with Gasteiger partial charge in [0.1, 0.15) is 24.7 Å². The van der Waals surface area contributed by atoms with Crippen molar-refractivity contribution in [2.75, 3.05) is 40.4 Å². The number of rotatable bonds is 15. The number of amides is 4. The molecule has 0 bridgehead atoms. The summed E-state index contributed by atoms with van der Waals surface area (Å²) in [4.78, 5) is 67.5. The van der Waals surface area contributed by atoms with Crippen LogP contribution in [0.1, 0.15) is 37.8 Å². The number of fused-ring (bicyclic) bond motifs is 1. The van der Waals surface area contributed by atoms with Gasteiger partial charge < -0.3 is 39.9 Å². The molecule has 6 rings (SSSR count). The van der Waals surface area contributed by atoms with Crippen molar-refractivity contribution in [1.82, 2.24) is 40.4 Å². The quantitative estimate of drug-likeness (QED) is 0.109. The molecule has 0 saturated heterocycles. The number of nitriles is 1. The average molecular weight is 746 g/mol. The molecule has 5 aromatic rings. The van der Waals surface area contributed by atoms with Crippen LogP contribution in [0.3, 0.4) is 0 Å². The number of nitrogens with zero attached hydrogens (tertiary/aromatic N) is 5. The van der Waals surface area contributed by atoms with Crippen molar-refractivity contribution in [3.63, 3.8) is 0 Å². The highest BCUT2D eigenvalue weighted by Crippen LogP contribution is 2.45. The Hall–Kier alpha value is -6.69. The second-order valence-electron chi connectivity index (χ2n) is 13.8. The lowest BCUT2D eigenvalue weighted by Gasteiger charge is -2.25. The summed E-state index contributed by atoms with van der Waals surface area (Å²) in [6, 6.07) is 22.7. The molecule has 3 aromatic carbocycles. The minimum absolute atomic E-state index is 0.0833. The lowest BCUT2D eigenvalue weighted by atomic mass is 9.98. The number of hydrogen-bond acceptors (Lipinski definition) is 9. The SMILES string of the molecule is COC(=O)NCC(=O)N(CCC#N)Cc1ncc(-c2ccc(-c3ccc4cc(-c5cnc(CN(CC6(C)CC6)C(=O)CNC(=O)OC)[nH]5)ccc4c3)cc2)[nH]1. The van der Waals surface area contributed by atoms with Crippen molar-refractivity contribution in [2.24, 2.45) is 5.41 Å². The van der Waals surface area contributed by atoms with Gasteiger partial charge in [0.15, 0.2) is 0 Å². The summed E-state index contributed by atoms with van der Waals surface area (Å²) in [5.41, 5.74) is 5.69. The fourth-order valence-electron chi connectivity index (χ4n) is 6.18. The van der Waals surface area contributed by atoms with Gasteiger partial charge in [0.2, 0.25) is 11.8 Å². The summed E-state index contributed by atoms with van der Waals surface area (Å²) in [7, 11) is 2.48. The van der Waals surface area contributed by atoms with E-state index in [1.54, 1.807) is 17.3 Å². The lowest BCUT2D eigenvalue weighted by molar-refractivity contribution is -0.132. The Balaban J connectivity index is 1.10. The van der Waals surface area contributed by atoms with Gasteiger partial charge in [-0.15, -0.1) is 0 Å². The maximum Gasteiger partial charge on any atom is 0.407 e. The zero-order chi connectivity index (χ0) is 39.0. The Kier molecular flexibility index (Phi) is 11.7. The highest BCUT2D eigenvalue weighted by molar-refractivity contribution is 5.90. The van der Waals surface area contributed by atoms with Crippen LogP contribution in [0.5, 0.6) is 0 Å². The van der Waals surface area contributed by atoms with Crippen molar-refractivity contribution in [1.29, 1.82) is 5.26 Å². The molecule has 1 aliphatic carbocycles. The minimum atomic E-state index is -0.710. The smallest absolute Gasteiger partial charge is 0.407 e. The first kappa shape index (κ1) is 38.0. The molecule has 0 aliphatic heterocycles. The van der Waals surface area contributed by atoms with Gasteiger partial charge in [-0.25, -0.2) is 19.6 Å². The van der Waals surface area contributed by atoms with Gasteiger partial charge in [-0.2, -0.15) is 5.26 Å². The van der Waals surface area contributed by atoms with Gasteiger partial charge in [0, 0.05) is 18.7 Å². The first-order valence-corrected chi connectivity index (χ1v) is 17.9. The van der Waals surface area contributed by atoms with E-state index in [2.05, 4.69) is 77.3 Å². The Bertz CT molecular complexity index is 2220. The zero-order valence-electron chi connectivity index (χ0n) is 31.0. The topological polar surface area (TPSA) is 198 Å². The van der Waals surface area contributed by atoms with Crippen molar-refractivity contribution < 1.29 is 28.7 Å². The van der Waals surface area contributed by atoms with Crippen molar-refractivity contribution in [2.45, 2.75) is 39.3 Å². The molecule has 0 spiro atoms. The number of carbonyl (C=O) groups excluding carboxylic acids is 4. The largest absolute Gasteiger partial charge is 0.453 e. The van der Waals surface area contributed by atoms with Crippen LogP contribution in [0, 0.1) is 16.7 Å². The Morgan fingerprint density at radius 2 is 1.24 bits per heavy atom. The van der Waals surface area contributed by atoms with Crippen LogP contribution in [0.25, 0.3) is 44.4 Å². The molecule has 1 fully saturated rings. The summed E-state index contributed by atoms with van der Waals surface area (Å²) < 4.78 is 9.14. The van der Waals surface area contributed by atoms with E-state index in [9.17, 15) is 19.2 Å². The van der Waals surface area contributed by atoms with Gasteiger partial charge >= 0.3 is 12.2 Å². The second-order valence-corrected chi connectivity index (χ2v) is 13.8. The number of alkyl carbamates (subject to hydrolysis) is 2. The van der Waals surface area contributed by atoms with Gasteiger partial charge in [-0.3, -0.25) is 9.59 Å². The minimum Gasteiger partial charge on any atom is -0.453 e. The first-order valence-electron chi connectivity index (χ1n) is 17.9. The highest BCUT2D eigenvalue weighted by Gasteiger charge is 2.40. The van der Waals surface area contributed by atoms with Gasteiger partial charge in [0.25, 0.3) is 0 Å². The second kappa shape index (κ2) is 17.0. The lowest BCUT2D eigenvalue weighted by Crippen LogP contribution is -2.42. The standard InChI is InChI=1S/C40H43N9O6/c1-40(13-14-40)25-49(37(51)22-45-39(53)55-3)24-35-43-20-33(47-35)31-12-11-29-17-28(9-10-30(29)18-31)26-5-7-27(8-6-26)32-19-42-34(46-32)23-48(16-4-15-41)36(50)21-44-38(52)54-2/h5-12,17-20H,4,13-14,16,21-25H2,1-3H3,(H,42,46)(H,43,47)(H,44,52)(H,45,53). The van der Waals surface area contributed by atoms with E-state index in [4.69, 9.17) is 5.26 Å². The molecule has 1 saturated carbocycles. The third-order valence-corrected chi connectivity index (χ3v) is 9.63. The molecule has 2 heterocycles. The number of carbonyl (C=O) groups is 4. The molecule has 4 amide bonds. The molecule has 15 heteroatoms. The van der Waals surface area contributed by atoms with Crippen LogP contribution >= 0.6 is 0 Å². The van der Waals surface area contributed by atoms with E-state index < -0.39 is 12.2 Å². The van der Waals surface area contributed by atoms with E-state index in [1.165, 1.54) is 19.1 Å². The maximum absolute atomic E-state index is 13.0. The predicted molar refractivity (Wildman–Crippen MR) is 204 cm³/mol. The number of benzene rings is 3. The number of hydrogen-bond donors (Lipinski definition) is 4. The fraction of sp³-hybridized carbons (Fsp3) is 0.325. The van der Waals surface area contributed by atoms with Crippen LogP contribution in [0.2, 0.25) is 0 Å². The number of imidazole rings is 2. The first-order chi connectivity index (χ1) is 26.6. The van der Waals surface area contributed by atoms with E-state index in [-0.39, 0.29) is 49.8 Å². The summed E-state index contributed by atoms with van der Waals surface area (Å²) in [6.07, 6.45) is 4.38. The molecule has 0 radical (unpaired) electrons. The number of ether oxygens (including phenoxy) is 2. The highest BCUT2D eigenvalue weighted by atomic mass is 16.5. The number of H-pyrrole nitrogens is 2. The van der Waals surface area contributed by atoms with E-state index in [0.717, 1.165) is 57.3 Å². The summed E-state index contributed by atoms with van der Waals surface area (Å²) in [5.74, 6) is 0.656. The van der Waals surface area contributed by atoms with Crippen molar-refractivity contribution >= 4 is 34.8 Å². The number of nitrogens with one attached hydrogen (secondary N) is 4. The predicted octanol–water partition coefficient (Wildman–Crippen LogP) is 5.37. The maximum atomic E-state index is 13.0. The molecule has 284 valence electrons. The third kappa shape index (κ3) is 9.85.